The Hall–Kier alpha value is -3.02. The van der Waals surface area contributed by atoms with E-state index in [1.807, 2.05) is 30.3 Å². The number of hydrogen-bond donors (Lipinski definition) is 0. The number of benzene rings is 2. The molecular weight excluding hydrogens is 344 g/mol. The second kappa shape index (κ2) is 8.12. The van der Waals surface area contributed by atoms with Gasteiger partial charge in [0, 0.05) is 38.3 Å². The number of ether oxygens (including phenoxy) is 2. The van der Waals surface area contributed by atoms with E-state index in [0.29, 0.717) is 30.3 Å². The van der Waals surface area contributed by atoms with Gasteiger partial charge < -0.3 is 19.3 Å². The zero-order valence-corrected chi connectivity index (χ0v) is 15.8. The lowest BCUT2D eigenvalue weighted by atomic mass is 10.1. The lowest BCUT2D eigenvalue weighted by Crippen LogP contribution is -2.34. The van der Waals surface area contributed by atoms with Crippen molar-refractivity contribution < 1.29 is 19.1 Å². The molecular formula is C21H24N2O4. The molecule has 2 amide bonds. The minimum Gasteiger partial charge on any atom is -0.493 e. The average Bonchev–Trinajstić information content (AvgIpc) is 3.09. The molecule has 0 bridgehead atoms. The Morgan fingerprint density at radius 2 is 1.81 bits per heavy atom. The summed E-state index contributed by atoms with van der Waals surface area (Å²) in [5, 5.41) is 0. The van der Waals surface area contributed by atoms with E-state index < -0.39 is 0 Å². The third kappa shape index (κ3) is 4.05. The van der Waals surface area contributed by atoms with Gasteiger partial charge in [-0.05, 0) is 17.7 Å². The van der Waals surface area contributed by atoms with Crippen molar-refractivity contribution in [2.45, 2.75) is 13.0 Å². The highest BCUT2D eigenvalue weighted by Crippen LogP contribution is 2.34. The van der Waals surface area contributed by atoms with Crippen LogP contribution in [0, 0.1) is 5.92 Å². The fourth-order valence-corrected chi connectivity index (χ4v) is 3.36. The summed E-state index contributed by atoms with van der Waals surface area (Å²) in [6.07, 6.45) is 0.215. The van der Waals surface area contributed by atoms with Crippen LogP contribution in [0.3, 0.4) is 0 Å². The van der Waals surface area contributed by atoms with Crippen LogP contribution in [0.15, 0.2) is 48.5 Å². The van der Waals surface area contributed by atoms with Crippen molar-refractivity contribution in [2.75, 3.05) is 32.7 Å². The highest BCUT2D eigenvalue weighted by molar-refractivity contribution is 6.00. The van der Waals surface area contributed by atoms with Gasteiger partial charge in [0.2, 0.25) is 11.8 Å². The van der Waals surface area contributed by atoms with Crippen molar-refractivity contribution >= 4 is 17.5 Å². The van der Waals surface area contributed by atoms with Crippen LogP contribution in [-0.4, -0.2) is 44.5 Å². The van der Waals surface area contributed by atoms with Crippen LogP contribution in [0.4, 0.5) is 5.69 Å². The molecule has 6 heteroatoms. The smallest absolute Gasteiger partial charge is 0.228 e. The number of amides is 2. The molecule has 2 aromatic rings. The first-order valence-electron chi connectivity index (χ1n) is 8.84. The molecule has 1 aliphatic heterocycles. The zero-order chi connectivity index (χ0) is 19.4. The number of nitrogens with zero attached hydrogens (tertiary/aromatic N) is 2. The van der Waals surface area contributed by atoms with Gasteiger partial charge in [0.25, 0.3) is 0 Å². The van der Waals surface area contributed by atoms with E-state index in [1.165, 1.54) is 0 Å². The predicted molar refractivity (Wildman–Crippen MR) is 103 cm³/mol. The molecule has 2 aromatic carbocycles. The van der Waals surface area contributed by atoms with Gasteiger partial charge in [-0.25, -0.2) is 0 Å². The largest absolute Gasteiger partial charge is 0.493 e. The first kappa shape index (κ1) is 18.8. The molecule has 1 aliphatic rings. The zero-order valence-electron chi connectivity index (χ0n) is 15.8. The van der Waals surface area contributed by atoms with Crippen molar-refractivity contribution in [2.24, 2.45) is 5.92 Å². The molecule has 0 radical (unpaired) electrons. The highest BCUT2D eigenvalue weighted by atomic mass is 16.5. The molecule has 27 heavy (non-hydrogen) atoms. The molecule has 0 aliphatic carbocycles. The van der Waals surface area contributed by atoms with Crippen LogP contribution in [0.25, 0.3) is 0 Å². The summed E-state index contributed by atoms with van der Waals surface area (Å²) in [5.41, 5.74) is 1.77. The van der Waals surface area contributed by atoms with Crippen LogP contribution < -0.4 is 14.4 Å². The monoisotopic (exact) mass is 368 g/mol. The second-order valence-electron chi connectivity index (χ2n) is 6.62. The Kier molecular flexibility index (Phi) is 5.64. The van der Waals surface area contributed by atoms with E-state index in [9.17, 15) is 9.59 Å². The molecule has 1 heterocycles. The average molecular weight is 368 g/mol. The van der Waals surface area contributed by atoms with Crippen molar-refractivity contribution in [3.63, 3.8) is 0 Å². The molecule has 3 rings (SSSR count). The van der Waals surface area contributed by atoms with E-state index in [4.69, 9.17) is 9.47 Å². The third-order valence-corrected chi connectivity index (χ3v) is 4.79. The predicted octanol–water partition coefficient (Wildman–Crippen LogP) is 2.72. The SMILES string of the molecule is COc1ccc(N2CC(C(=O)N(C)Cc3ccccc3)CC2=O)cc1OC. The third-order valence-electron chi connectivity index (χ3n) is 4.79. The van der Waals surface area contributed by atoms with Gasteiger partial charge in [-0.1, -0.05) is 30.3 Å². The second-order valence-corrected chi connectivity index (χ2v) is 6.62. The van der Waals surface area contributed by atoms with Gasteiger partial charge in [-0.2, -0.15) is 0 Å². The van der Waals surface area contributed by atoms with Crippen LogP contribution in [0.5, 0.6) is 11.5 Å². The van der Waals surface area contributed by atoms with E-state index in [0.717, 1.165) is 5.56 Å². The van der Waals surface area contributed by atoms with Gasteiger partial charge in [-0.15, -0.1) is 0 Å². The lowest BCUT2D eigenvalue weighted by molar-refractivity contribution is -0.135. The van der Waals surface area contributed by atoms with Crippen LogP contribution >= 0.6 is 0 Å². The molecule has 0 spiro atoms. The Morgan fingerprint density at radius 3 is 2.48 bits per heavy atom. The number of hydrogen-bond acceptors (Lipinski definition) is 4. The molecule has 6 nitrogen and oxygen atoms in total. The van der Waals surface area contributed by atoms with E-state index in [1.54, 1.807) is 49.3 Å². The Bertz CT molecular complexity index is 822. The summed E-state index contributed by atoms with van der Waals surface area (Å²) in [6.45, 7) is 0.896. The molecule has 1 saturated heterocycles. The molecule has 0 saturated carbocycles. The summed E-state index contributed by atoms with van der Waals surface area (Å²) in [5.74, 6) is 0.727. The molecule has 1 fully saturated rings. The molecule has 0 aromatic heterocycles. The standard InChI is InChI=1S/C21H24N2O4/c1-22(13-15-7-5-4-6-8-15)21(25)16-11-20(24)23(14-16)17-9-10-18(26-2)19(12-17)27-3/h4-10,12,16H,11,13-14H2,1-3H3. The maximum atomic E-state index is 12.8. The minimum absolute atomic E-state index is 0.0184. The van der Waals surface area contributed by atoms with E-state index >= 15 is 0 Å². The van der Waals surface area contributed by atoms with Gasteiger partial charge in [0.1, 0.15) is 0 Å². The van der Waals surface area contributed by atoms with Crippen LogP contribution in [0.2, 0.25) is 0 Å². The number of carbonyl (C=O) groups is 2. The Labute approximate surface area is 159 Å². The summed E-state index contributed by atoms with van der Waals surface area (Å²) < 4.78 is 10.6. The van der Waals surface area contributed by atoms with Gasteiger partial charge in [-0.3, -0.25) is 9.59 Å². The molecule has 0 N–H and O–H groups in total. The quantitative estimate of drug-likeness (QED) is 0.787. The fraction of sp³-hybridized carbons (Fsp3) is 0.333. The normalized spacial score (nSPS) is 16.3. The summed E-state index contributed by atoms with van der Waals surface area (Å²) in [7, 11) is 4.90. The van der Waals surface area contributed by atoms with Crippen molar-refractivity contribution in [3.8, 4) is 11.5 Å². The van der Waals surface area contributed by atoms with Gasteiger partial charge in [0.15, 0.2) is 11.5 Å². The Morgan fingerprint density at radius 1 is 1.11 bits per heavy atom. The van der Waals surface area contributed by atoms with Crippen LogP contribution in [-0.2, 0) is 16.1 Å². The highest BCUT2D eigenvalue weighted by Gasteiger charge is 2.36. The molecule has 142 valence electrons. The number of rotatable bonds is 6. The van der Waals surface area contributed by atoms with E-state index in [2.05, 4.69) is 0 Å². The number of methoxy groups -OCH3 is 2. The maximum Gasteiger partial charge on any atom is 0.228 e. The maximum absolute atomic E-state index is 12.8. The topological polar surface area (TPSA) is 59.1 Å². The fourth-order valence-electron chi connectivity index (χ4n) is 3.36. The first-order chi connectivity index (χ1) is 13.0. The lowest BCUT2D eigenvalue weighted by Gasteiger charge is -2.22. The summed E-state index contributed by atoms with van der Waals surface area (Å²) in [4.78, 5) is 28.6. The summed E-state index contributed by atoms with van der Waals surface area (Å²) >= 11 is 0. The summed E-state index contributed by atoms with van der Waals surface area (Å²) in [6, 6.07) is 15.1. The molecule has 1 atom stereocenters. The number of anilines is 1. The number of carbonyl (C=O) groups excluding carboxylic acids is 2. The Balaban J connectivity index is 1.70. The first-order valence-corrected chi connectivity index (χ1v) is 8.84. The van der Waals surface area contributed by atoms with Gasteiger partial charge in [0.05, 0.1) is 20.1 Å². The molecule has 1 unspecified atom stereocenters. The van der Waals surface area contributed by atoms with Gasteiger partial charge >= 0.3 is 0 Å². The van der Waals surface area contributed by atoms with Crippen LogP contribution in [0.1, 0.15) is 12.0 Å². The van der Waals surface area contributed by atoms with Crippen molar-refractivity contribution in [1.82, 2.24) is 4.90 Å². The van der Waals surface area contributed by atoms with Crippen molar-refractivity contribution in [1.29, 1.82) is 0 Å². The van der Waals surface area contributed by atoms with Crippen molar-refractivity contribution in [3.05, 3.63) is 54.1 Å². The minimum atomic E-state index is -0.348. The van der Waals surface area contributed by atoms with E-state index in [-0.39, 0.29) is 24.2 Å².